The molecule has 7 heteroatoms. The van der Waals surface area contributed by atoms with Crippen molar-refractivity contribution in [3.63, 3.8) is 0 Å². The van der Waals surface area contributed by atoms with Crippen molar-refractivity contribution in [3.8, 4) is 0 Å². The molecule has 1 aliphatic heterocycles. The molecule has 0 atom stereocenters. The number of nitrogens with one attached hydrogen (secondary N) is 2. The highest BCUT2D eigenvalue weighted by Gasteiger charge is 2.39. The van der Waals surface area contributed by atoms with Crippen LogP contribution in [0.15, 0.2) is 0 Å². The maximum Gasteiger partial charge on any atom is 0.407 e. The molecule has 0 spiro atoms. The standard InChI is InChI=1S/C11H20N2O5/c1-10(2,3)18-9(16)12-5-11(6-17-7-11)13-4-8(14)15/h13H,4-7H2,1-3H3,(H,12,16)(H,14,15). The Morgan fingerprint density at radius 1 is 1.39 bits per heavy atom. The molecule has 0 unspecified atom stereocenters. The Kier molecular flexibility index (Phi) is 4.53. The van der Waals surface area contributed by atoms with Crippen molar-refractivity contribution >= 4 is 12.1 Å². The molecule has 1 fully saturated rings. The zero-order valence-electron chi connectivity index (χ0n) is 10.9. The Labute approximate surface area is 106 Å². The third-order valence-electron chi connectivity index (χ3n) is 2.34. The molecule has 104 valence electrons. The molecule has 0 bridgehead atoms. The van der Waals surface area contributed by atoms with Gasteiger partial charge in [-0.2, -0.15) is 0 Å². The maximum absolute atomic E-state index is 11.5. The maximum atomic E-state index is 11.5. The summed E-state index contributed by atoms with van der Waals surface area (Å²) in [4.78, 5) is 22.0. The fourth-order valence-corrected chi connectivity index (χ4v) is 1.43. The van der Waals surface area contributed by atoms with Crippen molar-refractivity contribution in [2.45, 2.75) is 31.9 Å². The van der Waals surface area contributed by atoms with Crippen molar-refractivity contribution < 1.29 is 24.2 Å². The Morgan fingerprint density at radius 3 is 2.39 bits per heavy atom. The van der Waals surface area contributed by atoms with E-state index in [1.807, 2.05) is 0 Å². The fraction of sp³-hybridized carbons (Fsp3) is 0.818. The summed E-state index contributed by atoms with van der Waals surface area (Å²) in [7, 11) is 0. The first kappa shape index (κ1) is 14.7. The van der Waals surface area contributed by atoms with Crippen LogP contribution in [0, 0.1) is 0 Å². The van der Waals surface area contributed by atoms with Crippen LogP contribution in [0.3, 0.4) is 0 Å². The van der Waals surface area contributed by atoms with Gasteiger partial charge in [0.1, 0.15) is 5.60 Å². The SMILES string of the molecule is CC(C)(C)OC(=O)NCC1(NCC(=O)O)COC1. The van der Waals surface area contributed by atoms with E-state index in [0.717, 1.165) is 0 Å². The van der Waals surface area contributed by atoms with Gasteiger partial charge >= 0.3 is 12.1 Å². The van der Waals surface area contributed by atoms with Crippen molar-refractivity contribution in [2.24, 2.45) is 0 Å². The van der Waals surface area contributed by atoms with Gasteiger partial charge in [-0.15, -0.1) is 0 Å². The summed E-state index contributed by atoms with van der Waals surface area (Å²) in [5.41, 5.74) is -1.06. The highest BCUT2D eigenvalue weighted by molar-refractivity contribution is 5.69. The number of carboxylic acid groups (broad SMARTS) is 1. The van der Waals surface area contributed by atoms with E-state index in [4.69, 9.17) is 14.6 Å². The summed E-state index contributed by atoms with van der Waals surface area (Å²) in [6.45, 7) is 6.17. The third kappa shape index (κ3) is 4.89. The average molecular weight is 260 g/mol. The number of hydrogen-bond donors (Lipinski definition) is 3. The molecule has 0 saturated carbocycles. The summed E-state index contributed by atoms with van der Waals surface area (Å²) in [6.07, 6.45) is -0.522. The second kappa shape index (κ2) is 5.53. The van der Waals surface area contributed by atoms with Crippen LogP contribution in [0.2, 0.25) is 0 Å². The smallest absolute Gasteiger partial charge is 0.407 e. The highest BCUT2D eigenvalue weighted by atomic mass is 16.6. The molecular weight excluding hydrogens is 240 g/mol. The monoisotopic (exact) mass is 260 g/mol. The van der Waals surface area contributed by atoms with E-state index in [2.05, 4.69) is 10.6 Å². The molecule has 7 nitrogen and oxygen atoms in total. The van der Waals surface area contributed by atoms with E-state index < -0.39 is 23.2 Å². The summed E-state index contributed by atoms with van der Waals surface area (Å²) < 4.78 is 10.1. The predicted octanol–water partition coefficient (Wildman–Crippen LogP) is -0.0457. The van der Waals surface area contributed by atoms with Crippen LogP contribution in [-0.4, -0.2) is 54.6 Å². The third-order valence-corrected chi connectivity index (χ3v) is 2.34. The van der Waals surface area contributed by atoms with Gasteiger partial charge < -0.3 is 19.9 Å². The number of ether oxygens (including phenoxy) is 2. The Hall–Kier alpha value is -1.34. The van der Waals surface area contributed by atoms with E-state index in [9.17, 15) is 9.59 Å². The molecule has 0 aromatic heterocycles. The van der Waals surface area contributed by atoms with Crippen LogP contribution in [0.1, 0.15) is 20.8 Å². The molecular formula is C11H20N2O5. The zero-order chi connectivity index (χ0) is 13.8. The minimum absolute atomic E-state index is 0.167. The van der Waals surface area contributed by atoms with Crippen LogP contribution >= 0.6 is 0 Å². The number of alkyl carbamates (subject to hydrolysis) is 1. The van der Waals surface area contributed by atoms with Crippen LogP contribution in [0.5, 0.6) is 0 Å². The lowest BCUT2D eigenvalue weighted by Gasteiger charge is -2.42. The van der Waals surface area contributed by atoms with Gasteiger partial charge in [0.05, 0.1) is 25.3 Å². The van der Waals surface area contributed by atoms with E-state index in [0.29, 0.717) is 13.2 Å². The quantitative estimate of drug-likeness (QED) is 0.641. The molecule has 0 aromatic rings. The minimum Gasteiger partial charge on any atom is -0.480 e. The first-order valence-electron chi connectivity index (χ1n) is 5.74. The summed E-state index contributed by atoms with van der Waals surface area (Å²) in [5.74, 6) is -0.946. The average Bonchev–Trinajstić information content (AvgIpc) is 2.12. The lowest BCUT2D eigenvalue weighted by Crippen LogP contribution is -2.66. The topological polar surface area (TPSA) is 96.9 Å². The van der Waals surface area contributed by atoms with Gasteiger partial charge in [-0.25, -0.2) is 4.79 Å². The second-order valence-corrected chi connectivity index (χ2v) is 5.38. The molecule has 18 heavy (non-hydrogen) atoms. The number of amides is 1. The second-order valence-electron chi connectivity index (χ2n) is 5.38. The number of carbonyl (C=O) groups is 2. The largest absolute Gasteiger partial charge is 0.480 e. The predicted molar refractivity (Wildman–Crippen MR) is 63.4 cm³/mol. The van der Waals surface area contributed by atoms with Crippen molar-refractivity contribution in [3.05, 3.63) is 0 Å². The van der Waals surface area contributed by atoms with Crippen molar-refractivity contribution in [2.75, 3.05) is 26.3 Å². The number of carbonyl (C=O) groups excluding carboxylic acids is 1. The summed E-state index contributed by atoms with van der Waals surface area (Å²) in [5, 5.41) is 14.1. The number of rotatable bonds is 5. The molecule has 0 radical (unpaired) electrons. The van der Waals surface area contributed by atoms with Crippen molar-refractivity contribution in [1.82, 2.24) is 10.6 Å². The molecule has 1 amide bonds. The Bertz CT molecular complexity index is 320. The van der Waals surface area contributed by atoms with Gasteiger partial charge in [0.2, 0.25) is 0 Å². The fourth-order valence-electron chi connectivity index (χ4n) is 1.43. The van der Waals surface area contributed by atoms with Crippen LogP contribution in [0.4, 0.5) is 4.79 Å². The van der Waals surface area contributed by atoms with Gasteiger partial charge in [-0.1, -0.05) is 0 Å². The van der Waals surface area contributed by atoms with Gasteiger partial charge in [-0.05, 0) is 20.8 Å². The zero-order valence-corrected chi connectivity index (χ0v) is 10.9. The lowest BCUT2D eigenvalue weighted by molar-refractivity contribution is -0.138. The van der Waals surface area contributed by atoms with E-state index in [1.165, 1.54) is 0 Å². The minimum atomic E-state index is -0.946. The van der Waals surface area contributed by atoms with E-state index >= 15 is 0 Å². The van der Waals surface area contributed by atoms with Gasteiger partial charge in [0, 0.05) is 6.54 Å². The summed E-state index contributed by atoms with van der Waals surface area (Å²) in [6, 6.07) is 0. The van der Waals surface area contributed by atoms with Crippen LogP contribution < -0.4 is 10.6 Å². The number of carboxylic acids is 1. The molecule has 1 aliphatic rings. The van der Waals surface area contributed by atoms with E-state index in [-0.39, 0.29) is 13.1 Å². The van der Waals surface area contributed by atoms with Gasteiger partial charge in [0.15, 0.2) is 0 Å². The lowest BCUT2D eigenvalue weighted by atomic mass is 9.97. The molecule has 1 heterocycles. The first-order chi connectivity index (χ1) is 8.22. The molecule has 0 aliphatic carbocycles. The molecule has 0 aromatic carbocycles. The Balaban J connectivity index is 2.35. The number of aliphatic carboxylic acids is 1. The Morgan fingerprint density at radius 2 is 2.00 bits per heavy atom. The molecule has 3 N–H and O–H groups in total. The summed E-state index contributed by atoms with van der Waals surface area (Å²) >= 11 is 0. The highest BCUT2D eigenvalue weighted by Crippen LogP contribution is 2.16. The molecule has 1 saturated heterocycles. The van der Waals surface area contributed by atoms with Crippen molar-refractivity contribution in [1.29, 1.82) is 0 Å². The molecule has 1 rings (SSSR count). The normalized spacial score (nSPS) is 17.7. The van der Waals surface area contributed by atoms with E-state index in [1.54, 1.807) is 20.8 Å². The van der Waals surface area contributed by atoms with Gasteiger partial charge in [-0.3, -0.25) is 10.1 Å². The van der Waals surface area contributed by atoms with Gasteiger partial charge in [0.25, 0.3) is 0 Å². The number of hydrogen-bond acceptors (Lipinski definition) is 5. The first-order valence-corrected chi connectivity index (χ1v) is 5.74. The van der Waals surface area contributed by atoms with Crippen LogP contribution in [-0.2, 0) is 14.3 Å². The van der Waals surface area contributed by atoms with Crippen LogP contribution in [0.25, 0.3) is 0 Å².